The average Bonchev–Trinajstić information content (AvgIpc) is 2.34. The van der Waals surface area contributed by atoms with E-state index in [1.807, 2.05) is 36.9 Å². The topological polar surface area (TPSA) is 41.8 Å². The number of oxime groups is 1. The maximum absolute atomic E-state index is 8.82. The molecule has 3 nitrogen and oxygen atoms in total. The maximum Gasteiger partial charge on any atom is 0.128 e. The molecule has 0 saturated carbocycles. The van der Waals surface area contributed by atoms with E-state index in [0.717, 1.165) is 29.1 Å². The van der Waals surface area contributed by atoms with E-state index in [1.165, 1.54) is 0 Å². The third kappa shape index (κ3) is 4.30. The van der Waals surface area contributed by atoms with E-state index >= 15 is 0 Å². The summed E-state index contributed by atoms with van der Waals surface area (Å²) in [5, 5.41) is 12.0. The summed E-state index contributed by atoms with van der Waals surface area (Å²) in [4.78, 5) is 0. The smallest absolute Gasteiger partial charge is 0.128 e. The standard InChI is InChI=1S/C13H19NO2S/c1-10-5-6-12(11(2)14-15)13(9-10)16-7-4-8-17-3/h5-6,9,15H,4,7-8H2,1-3H3/b14-11+. The summed E-state index contributed by atoms with van der Waals surface area (Å²) >= 11 is 1.81. The molecule has 0 aliphatic rings. The van der Waals surface area contributed by atoms with Crippen molar-refractivity contribution in [2.45, 2.75) is 20.3 Å². The van der Waals surface area contributed by atoms with Gasteiger partial charge in [-0.25, -0.2) is 0 Å². The molecule has 0 radical (unpaired) electrons. The molecule has 0 heterocycles. The van der Waals surface area contributed by atoms with E-state index < -0.39 is 0 Å². The summed E-state index contributed by atoms with van der Waals surface area (Å²) in [5.74, 6) is 1.88. The van der Waals surface area contributed by atoms with Crippen LogP contribution in [0.15, 0.2) is 23.4 Å². The Labute approximate surface area is 107 Å². The Balaban J connectivity index is 2.77. The molecule has 0 atom stereocenters. The molecule has 0 fully saturated rings. The summed E-state index contributed by atoms with van der Waals surface area (Å²) < 4.78 is 5.74. The summed E-state index contributed by atoms with van der Waals surface area (Å²) in [6, 6.07) is 5.89. The molecule has 0 aliphatic carbocycles. The molecular formula is C13H19NO2S. The zero-order chi connectivity index (χ0) is 12.7. The second-order valence-electron chi connectivity index (χ2n) is 3.88. The van der Waals surface area contributed by atoms with Gasteiger partial charge in [0.05, 0.1) is 12.3 Å². The van der Waals surface area contributed by atoms with Gasteiger partial charge >= 0.3 is 0 Å². The highest BCUT2D eigenvalue weighted by Gasteiger charge is 2.07. The molecule has 1 rings (SSSR count). The molecule has 94 valence electrons. The molecule has 0 saturated heterocycles. The minimum Gasteiger partial charge on any atom is -0.493 e. The van der Waals surface area contributed by atoms with E-state index in [1.54, 1.807) is 6.92 Å². The molecular weight excluding hydrogens is 234 g/mol. The van der Waals surface area contributed by atoms with Gasteiger partial charge in [0.25, 0.3) is 0 Å². The first-order valence-corrected chi connectivity index (χ1v) is 7.00. The number of hydrogen-bond acceptors (Lipinski definition) is 4. The van der Waals surface area contributed by atoms with E-state index in [0.29, 0.717) is 12.3 Å². The van der Waals surface area contributed by atoms with Gasteiger partial charge in [-0.3, -0.25) is 0 Å². The Kier molecular flexibility index (Phi) is 5.91. The maximum atomic E-state index is 8.82. The summed E-state index contributed by atoms with van der Waals surface area (Å²) in [5.41, 5.74) is 2.56. The van der Waals surface area contributed by atoms with Crippen LogP contribution in [-0.2, 0) is 0 Å². The third-order valence-corrected chi connectivity index (χ3v) is 3.12. The van der Waals surface area contributed by atoms with E-state index in [9.17, 15) is 0 Å². The van der Waals surface area contributed by atoms with Crippen LogP contribution in [-0.4, -0.2) is 29.5 Å². The highest BCUT2D eigenvalue weighted by atomic mass is 32.2. The molecule has 1 aromatic rings. The van der Waals surface area contributed by atoms with Crippen molar-refractivity contribution in [1.29, 1.82) is 0 Å². The number of thioether (sulfide) groups is 1. The van der Waals surface area contributed by atoms with Crippen LogP contribution in [0, 0.1) is 6.92 Å². The van der Waals surface area contributed by atoms with Crippen molar-refractivity contribution >= 4 is 17.5 Å². The van der Waals surface area contributed by atoms with Crippen molar-refractivity contribution in [3.63, 3.8) is 0 Å². The zero-order valence-electron chi connectivity index (χ0n) is 10.6. The van der Waals surface area contributed by atoms with E-state index in [2.05, 4.69) is 11.4 Å². The molecule has 1 N–H and O–H groups in total. The van der Waals surface area contributed by atoms with Crippen LogP contribution >= 0.6 is 11.8 Å². The molecule has 1 aromatic carbocycles. The normalized spacial score (nSPS) is 11.6. The molecule has 0 aliphatic heterocycles. The number of benzene rings is 1. The van der Waals surface area contributed by atoms with Gasteiger partial charge in [0.1, 0.15) is 5.75 Å². The van der Waals surface area contributed by atoms with Gasteiger partial charge in [0.2, 0.25) is 0 Å². The Hall–Kier alpha value is -1.16. The minimum absolute atomic E-state index is 0.574. The van der Waals surface area contributed by atoms with Gasteiger partial charge in [-0.05, 0) is 50.0 Å². The lowest BCUT2D eigenvalue weighted by Crippen LogP contribution is -2.04. The largest absolute Gasteiger partial charge is 0.493 e. The molecule has 17 heavy (non-hydrogen) atoms. The van der Waals surface area contributed by atoms with Gasteiger partial charge in [-0.15, -0.1) is 0 Å². The SMILES string of the molecule is CSCCCOc1cc(C)ccc1/C(C)=N/O. The van der Waals surface area contributed by atoms with Gasteiger partial charge in [0.15, 0.2) is 0 Å². The Morgan fingerprint density at radius 1 is 1.47 bits per heavy atom. The summed E-state index contributed by atoms with van der Waals surface area (Å²) in [7, 11) is 0. The van der Waals surface area contributed by atoms with E-state index in [-0.39, 0.29) is 0 Å². The zero-order valence-corrected chi connectivity index (χ0v) is 11.4. The van der Waals surface area contributed by atoms with Crippen molar-refractivity contribution in [3.05, 3.63) is 29.3 Å². The molecule has 0 bridgehead atoms. The van der Waals surface area contributed by atoms with Crippen LogP contribution < -0.4 is 4.74 Å². The molecule has 0 spiro atoms. The van der Waals surface area contributed by atoms with Crippen molar-refractivity contribution in [3.8, 4) is 5.75 Å². The van der Waals surface area contributed by atoms with Crippen LogP contribution in [0.25, 0.3) is 0 Å². The second-order valence-corrected chi connectivity index (χ2v) is 4.87. The first kappa shape index (κ1) is 13.9. The van der Waals surface area contributed by atoms with Crippen molar-refractivity contribution in [2.24, 2.45) is 5.16 Å². The van der Waals surface area contributed by atoms with Crippen LogP contribution in [0.3, 0.4) is 0 Å². The van der Waals surface area contributed by atoms with Gasteiger partial charge < -0.3 is 9.94 Å². The summed E-state index contributed by atoms with van der Waals surface area (Å²) in [6.07, 6.45) is 3.10. The average molecular weight is 253 g/mol. The molecule has 0 amide bonds. The lowest BCUT2D eigenvalue weighted by molar-refractivity contribution is 0.312. The number of aryl methyl sites for hydroxylation is 1. The number of rotatable bonds is 6. The van der Waals surface area contributed by atoms with Crippen molar-refractivity contribution in [1.82, 2.24) is 0 Å². The number of hydrogen-bond donors (Lipinski definition) is 1. The molecule has 0 unspecified atom stereocenters. The first-order chi connectivity index (χ1) is 8.19. The van der Waals surface area contributed by atoms with Gasteiger partial charge in [-0.1, -0.05) is 11.2 Å². The molecule has 0 aromatic heterocycles. The van der Waals surface area contributed by atoms with Crippen molar-refractivity contribution < 1.29 is 9.94 Å². The van der Waals surface area contributed by atoms with Gasteiger partial charge in [0, 0.05) is 5.56 Å². The highest BCUT2D eigenvalue weighted by Crippen LogP contribution is 2.21. The Morgan fingerprint density at radius 3 is 2.88 bits per heavy atom. The Bertz CT molecular complexity index is 391. The summed E-state index contributed by atoms with van der Waals surface area (Å²) in [6.45, 7) is 4.47. The fourth-order valence-electron chi connectivity index (χ4n) is 1.49. The predicted octanol–water partition coefficient (Wildman–Crippen LogP) is 3.33. The Morgan fingerprint density at radius 2 is 2.24 bits per heavy atom. The third-order valence-electron chi connectivity index (χ3n) is 2.43. The predicted molar refractivity (Wildman–Crippen MR) is 73.7 cm³/mol. The fourth-order valence-corrected chi connectivity index (χ4v) is 1.89. The number of nitrogens with zero attached hydrogens (tertiary/aromatic N) is 1. The van der Waals surface area contributed by atoms with E-state index in [4.69, 9.17) is 9.94 Å². The molecule has 4 heteroatoms. The highest BCUT2D eigenvalue weighted by molar-refractivity contribution is 7.98. The fraction of sp³-hybridized carbons (Fsp3) is 0.462. The monoisotopic (exact) mass is 253 g/mol. The number of ether oxygens (including phenoxy) is 1. The second kappa shape index (κ2) is 7.22. The van der Waals surface area contributed by atoms with Crippen LogP contribution in [0.2, 0.25) is 0 Å². The van der Waals surface area contributed by atoms with Crippen LogP contribution in [0.1, 0.15) is 24.5 Å². The van der Waals surface area contributed by atoms with Gasteiger partial charge in [-0.2, -0.15) is 11.8 Å². The minimum atomic E-state index is 0.574. The van der Waals surface area contributed by atoms with Crippen LogP contribution in [0.4, 0.5) is 0 Å². The van der Waals surface area contributed by atoms with Crippen LogP contribution in [0.5, 0.6) is 5.75 Å². The quantitative estimate of drug-likeness (QED) is 0.366. The first-order valence-electron chi connectivity index (χ1n) is 5.60. The lowest BCUT2D eigenvalue weighted by atomic mass is 10.1. The lowest BCUT2D eigenvalue weighted by Gasteiger charge is -2.11. The van der Waals surface area contributed by atoms with Crippen molar-refractivity contribution in [2.75, 3.05) is 18.6 Å².